The van der Waals surface area contributed by atoms with E-state index in [1.54, 1.807) is 22.1 Å². The molecule has 3 heterocycles. The molecule has 2 amide bonds. The fourth-order valence-corrected chi connectivity index (χ4v) is 4.28. The van der Waals surface area contributed by atoms with Crippen LogP contribution in [0.25, 0.3) is 6.08 Å². The lowest BCUT2D eigenvalue weighted by Gasteiger charge is -2.26. The van der Waals surface area contributed by atoms with Gasteiger partial charge in [0.05, 0.1) is 18.7 Å². The Bertz CT molecular complexity index is 1170. The van der Waals surface area contributed by atoms with Crippen molar-refractivity contribution in [3.05, 3.63) is 84.3 Å². The van der Waals surface area contributed by atoms with Crippen LogP contribution in [0.3, 0.4) is 0 Å². The van der Waals surface area contributed by atoms with Crippen molar-refractivity contribution in [2.45, 2.75) is 13.0 Å². The van der Waals surface area contributed by atoms with E-state index < -0.39 is 5.92 Å². The number of likely N-dealkylation sites (tertiary alicyclic amines) is 1. The van der Waals surface area contributed by atoms with E-state index in [2.05, 4.69) is 0 Å². The largest absolute Gasteiger partial charge is 0.486 e. The van der Waals surface area contributed by atoms with Crippen molar-refractivity contribution in [3.63, 3.8) is 0 Å². The summed E-state index contributed by atoms with van der Waals surface area (Å²) in [6, 6.07) is 19.1. The topological polar surface area (TPSA) is 72.2 Å². The molecule has 7 heteroatoms. The zero-order chi connectivity index (χ0) is 23.3. The van der Waals surface area contributed by atoms with Crippen LogP contribution in [-0.2, 0) is 16.1 Å². The second-order valence-corrected chi connectivity index (χ2v) is 8.34. The maximum absolute atomic E-state index is 13.7. The van der Waals surface area contributed by atoms with Crippen LogP contribution >= 0.6 is 0 Å². The molecule has 5 rings (SSSR count). The van der Waals surface area contributed by atoms with Gasteiger partial charge in [0.25, 0.3) is 0 Å². The predicted octanol–water partition coefficient (Wildman–Crippen LogP) is 4.15. The lowest BCUT2D eigenvalue weighted by atomic mass is 10.1. The van der Waals surface area contributed by atoms with Crippen LogP contribution in [-0.4, -0.2) is 43.0 Å². The average molecular weight is 459 g/mol. The molecular weight excluding hydrogens is 432 g/mol. The first-order chi connectivity index (χ1) is 16.7. The maximum Gasteiger partial charge on any atom is 0.232 e. The fraction of sp³-hybridized carbons (Fsp3) is 0.259. The number of nitrogens with zero attached hydrogens (tertiary/aromatic N) is 2. The van der Waals surface area contributed by atoms with Crippen LogP contribution in [0.5, 0.6) is 11.5 Å². The molecule has 1 saturated heterocycles. The number of carbonyl (C=O) groups is 2. The molecule has 1 aromatic heterocycles. The number of anilines is 1. The first-order valence-electron chi connectivity index (χ1n) is 11.4. The highest BCUT2D eigenvalue weighted by molar-refractivity contribution is 5.99. The van der Waals surface area contributed by atoms with E-state index in [-0.39, 0.29) is 18.2 Å². The molecule has 0 radical (unpaired) electrons. The Balaban J connectivity index is 1.36. The number of furan rings is 1. The number of hydrogen-bond donors (Lipinski definition) is 0. The number of amides is 2. The molecule has 0 spiro atoms. The summed E-state index contributed by atoms with van der Waals surface area (Å²) in [5.74, 6) is 1.43. The standard InChI is InChI=1S/C27H26N2O5/c30-26-16-21(18-28(26)19-23-9-5-13-32-23)27(31)29(12-4-8-20-6-2-1-3-7-20)22-10-11-24-25(17-22)34-15-14-33-24/h1-11,13,17,21H,12,14-16,18-19H2. The number of ether oxygens (including phenoxy) is 2. The normalized spacial score (nSPS) is 17.4. The van der Waals surface area contributed by atoms with Gasteiger partial charge >= 0.3 is 0 Å². The molecule has 2 aromatic carbocycles. The average Bonchev–Trinajstić information content (AvgIpc) is 3.52. The molecule has 7 nitrogen and oxygen atoms in total. The summed E-state index contributed by atoms with van der Waals surface area (Å²) in [5, 5.41) is 0. The second-order valence-electron chi connectivity index (χ2n) is 8.34. The summed E-state index contributed by atoms with van der Waals surface area (Å²) in [7, 11) is 0. The first kappa shape index (κ1) is 21.8. The number of benzene rings is 2. The van der Waals surface area contributed by atoms with E-state index in [9.17, 15) is 9.59 Å². The van der Waals surface area contributed by atoms with E-state index in [1.165, 1.54) is 0 Å². The van der Waals surface area contributed by atoms with Gasteiger partial charge in [-0.2, -0.15) is 0 Å². The first-order valence-corrected chi connectivity index (χ1v) is 11.4. The summed E-state index contributed by atoms with van der Waals surface area (Å²) in [6.07, 6.45) is 5.72. The Kier molecular flexibility index (Phi) is 6.33. The van der Waals surface area contributed by atoms with Crippen molar-refractivity contribution in [3.8, 4) is 11.5 Å². The van der Waals surface area contributed by atoms with Crippen molar-refractivity contribution in [2.75, 3.05) is 31.2 Å². The summed E-state index contributed by atoms with van der Waals surface area (Å²) in [6.45, 7) is 2.08. The minimum absolute atomic E-state index is 0.0447. The number of rotatable bonds is 7. The third-order valence-corrected chi connectivity index (χ3v) is 5.99. The molecule has 174 valence electrons. The fourth-order valence-electron chi connectivity index (χ4n) is 4.28. The van der Waals surface area contributed by atoms with Gasteiger partial charge in [0.15, 0.2) is 11.5 Å². The Morgan fingerprint density at radius 2 is 1.85 bits per heavy atom. The molecule has 0 aliphatic carbocycles. The molecule has 0 bridgehead atoms. The molecule has 3 aromatic rings. The van der Waals surface area contributed by atoms with Gasteiger partial charge in [-0.15, -0.1) is 0 Å². The van der Waals surface area contributed by atoms with Gasteiger partial charge in [-0.25, -0.2) is 0 Å². The van der Waals surface area contributed by atoms with E-state index in [0.717, 1.165) is 5.56 Å². The molecule has 1 atom stereocenters. The molecule has 0 N–H and O–H groups in total. The van der Waals surface area contributed by atoms with Crippen LogP contribution in [0.15, 0.2) is 77.4 Å². The minimum Gasteiger partial charge on any atom is -0.486 e. The van der Waals surface area contributed by atoms with Crippen LogP contribution in [0.4, 0.5) is 5.69 Å². The SMILES string of the molecule is O=C1CC(C(=O)N(CC=Cc2ccccc2)c2ccc3c(c2)OCCO3)CN1Cc1ccco1. The molecule has 1 fully saturated rings. The highest BCUT2D eigenvalue weighted by atomic mass is 16.6. The van der Waals surface area contributed by atoms with Crippen LogP contribution in [0.1, 0.15) is 17.7 Å². The van der Waals surface area contributed by atoms with Crippen molar-refractivity contribution in [1.82, 2.24) is 4.90 Å². The monoisotopic (exact) mass is 458 g/mol. The number of hydrogen-bond acceptors (Lipinski definition) is 5. The van der Waals surface area contributed by atoms with Crippen molar-refractivity contribution in [2.24, 2.45) is 5.92 Å². The van der Waals surface area contributed by atoms with E-state index >= 15 is 0 Å². The highest BCUT2D eigenvalue weighted by Gasteiger charge is 2.37. The highest BCUT2D eigenvalue weighted by Crippen LogP contribution is 2.35. The maximum atomic E-state index is 13.7. The quantitative estimate of drug-likeness (QED) is 0.532. The van der Waals surface area contributed by atoms with Crippen LogP contribution < -0.4 is 14.4 Å². The third kappa shape index (κ3) is 4.83. The number of fused-ring (bicyclic) bond motifs is 1. The smallest absolute Gasteiger partial charge is 0.232 e. The van der Waals surface area contributed by atoms with E-state index in [1.807, 2.05) is 66.7 Å². The Morgan fingerprint density at radius 1 is 1.03 bits per heavy atom. The lowest BCUT2D eigenvalue weighted by Crippen LogP contribution is -2.37. The Labute approximate surface area is 198 Å². The zero-order valence-electron chi connectivity index (χ0n) is 18.8. The van der Waals surface area contributed by atoms with Gasteiger partial charge in [-0.1, -0.05) is 42.5 Å². The molecule has 0 saturated carbocycles. The summed E-state index contributed by atoms with van der Waals surface area (Å²) in [5.41, 5.74) is 1.77. The summed E-state index contributed by atoms with van der Waals surface area (Å²) >= 11 is 0. The zero-order valence-corrected chi connectivity index (χ0v) is 18.8. The van der Waals surface area contributed by atoms with Gasteiger partial charge < -0.3 is 23.7 Å². The van der Waals surface area contributed by atoms with Crippen molar-refractivity contribution < 1.29 is 23.5 Å². The van der Waals surface area contributed by atoms with Gasteiger partial charge in [0, 0.05) is 31.3 Å². The van der Waals surface area contributed by atoms with E-state index in [0.29, 0.717) is 55.8 Å². The molecular formula is C27H26N2O5. The Hall–Kier alpha value is -4.00. The third-order valence-electron chi connectivity index (χ3n) is 5.99. The van der Waals surface area contributed by atoms with Gasteiger partial charge in [0.2, 0.25) is 11.8 Å². The second kappa shape index (κ2) is 9.87. The molecule has 2 aliphatic heterocycles. The van der Waals surface area contributed by atoms with Crippen molar-refractivity contribution >= 4 is 23.6 Å². The van der Waals surface area contributed by atoms with Gasteiger partial charge in [-0.3, -0.25) is 9.59 Å². The van der Waals surface area contributed by atoms with Gasteiger partial charge in [0.1, 0.15) is 19.0 Å². The molecule has 2 aliphatic rings. The minimum atomic E-state index is -0.430. The van der Waals surface area contributed by atoms with Crippen molar-refractivity contribution in [1.29, 1.82) is 0 Å². The van der Waals surface area contributed by atoms with Gasteiger partial charge in [-0.05, 0) is 29.8 Å². The molecule has 1 unspecified atom stereocenters. The van der Waals surface area contributed by atoms with Crippen LogP contribution in [0, 0.1) is 5.92 Å². The predicted molar refractivity (Wildman–Crippen MR) is 127 cm³/mol. The summed E-state index contributed by atoms with van der Waals surface area (Å²) < 4.78 is 16.7. The van der Waals surface area contributed by atoms with Crippen LogP contribution in [0.2, 0.25) is 0 Å². The summed E-state index contributed by atoms with van der Waals surface area (Å²) in [4.78, 5) is 29.7. The number of carbonyl (C=O) groups excluding carboxylic acids is 2. The lowest BCUT2D eigenvalue weighted by molar-refractivity contribution is -0.129. The van der Waals surface area contributed by atoms with E-state index in [4.69, 9.17) is 13.9 Å². The molecule has 34 heavy (non-hydrogen) atoms. The Morgan fingerprint density at radius 3 is 2.65 bits per heavy atom.